The van der Waals surface area contributed by atoms with E-state index in [1.165, 1.54) is 10.9 Å². The van der Waals surface area contributed by atoms with Crippen LogP contribution in [0.1, 0.15) is 10.4 Å². The lowest BCUT2D eigenvalue weighted by Gasteiger charge is -2.02. The topological polar surface area (TPSA) is 22.0 Å². The van der Waals surface area contributed by atoms with Crippen LogP contribution in [-0.2, 0) is 6.54 Å². The Morgan fingerprint density at radius 1 is 1.06 bits per heavy atom. The second-order valence-electron chi connectivity index (χ2n) is 4.31. The maximum atomic E-state index is 10.9. The summed E-state index contributed by atoms with van der Waals surface area (Å²) >= 11 is 0. The first kappa shape index (κ1) is 10.8. The van der Waals surface area contributed by atoms with Crippen molar-refractivity contribution >= 4 is 28.1 Å². The summed E-state index contributed by atoms with van der Waals surface area (Å²) in [7, 11) is 0. The van der Waals surface area contributed by atoms with Gasteiger partial charge in [0.2, 0.25) is 0 Å². The molecule has 0 amide bonds. The van der Waals surface area contributed by atoms with Crippen LogP contribution in [0.3, 0.4) is 0 Å². The SMILES string of the molecule is C=CCn1c2ccccc2c2cc(C=O)ccc21. The molecule has 0 saturated carbocycles. The van der Waals surface area contributed by atoms with Crippen molar-refractivity contribution in [3.8, 4) is 0 Å². The summed E-state index contributed by atoms with van der Waals surface area (Å²) in [6.07, 6.45) is 2.78. The van der Waals surface area contributed by atoms with Gasteiger partial charge in [0, 0.05) is 33.9 Å². The van der Waals surface area contributed by atoms with Crippen LogP contribution in [0.25, 0.3) is 21.8 Å². The Morgan fingerprint density at radius 2 is 1.83 bits per heavy atom. The van der Waals surface area contributed by atoms with Gasteiger partial charge in [0.1, 0.15) is 6.29 Å². The van der Waals surface area contributed by atoms with Crippen molar-refractivity contribution in [1.82, 2.24) is 4.57 Å². The molecule has 0 fully saturated rings. The number of rotatable bonds is 3. The van der Waals surface area contributed by atoms with Crippen LogP contribution in [-0.4, -0.2) is 10.9 Å². The van der Waals surface area contributed by atoms with Gasteiger partial charge in [0.15, 0.2) is 0 Å². The van der Waals surface area contributed by atoms with Gasteiger partial charge in [-0.15, -0.1) is 6.58 Å². The zero-order chi connectivity index (χ0) is 12.5. The predicted octanol–water partition coefficient (Wildman–Crippen LogP) is 3.79. The van der Waals surface area contributed by atoms with E-state index in [2.05, 4.69) is 23.3 Å². The lowest BCUT2D eigenvalue weighted by atomic mass is 10.1. The number of carbonyl (C=O) groups excluding carboxylic acids is 1. The van der Waals surface area contributed by atoms with Crippen molar-refractivity contribution in [2.45, 2.75) is 6.54 Å². The molecule has 0 bridgehead atoms. The average Bonchev–Trinajstić information content (AvgIpc) is 2.74. The molecule has 2 nitrogen and oxygen atoms in total. The zero-order valence-electron chi connectivity index (χ0n) is 9.97. The van der Waals surface area contributed by atoms with E-state index in [1.807, 2.05) is 36.4 Å². The smallest absolute Gasteiger partial charge is 0.150 e. The summed E-state index contributed by atoms with van der Waals surface area (Å²) in [6.45, 7) is 4.57. The molecular weight excluding hydrogens is 222 g/mol. The molecule has 1 aromatic heterocycles. The van der Waals surface area contributed by atoms with E-state index in [4.69, 9.17) is 0 Å². The van der Waals surface area contributed by atoms with Crippen LogP contribution in [0.15, 0.2) is 55.1 Å². The Labute approximate surface area is 105 Å². The number of aromatic nitrogens is 1. The first-order chi connectivity index (χ1) is 8.85. The third-order valence-corrected chi connectivity index (χ3v) is 3.24. The molecule has 0 saturated heterocycles. The van der Waals surface area contributed by atoms with Crippen molar-refractivity contribution < 1.29 is 4.79 Å². The lowest BCUT2D eigenvalue weighted by Crippen LogP contribution is -1.93. The summed E-state index contributed by atoms with van der Waals surface area (Å²) in [6, 6.07) is 14.0. The van der Waals surface area contributed by atoms with Crippen molar-refractivity contribution in [2.24, 2.45) is 0 Å². The highest BCUT2D eigenvalue weighted by atomic mass is 16.1. The van der Waals surface area contributed by atoms with Gasteiger partial charge in [-0.25, -0.2) is 0 Å². The van der Waals surface area contributed by atoms with E-state index in [0.29, 0.717) is 5.56 Å². The largest absolute Gasteiger partial charge is 0.337 e. The Bertz CT molecular complexity index is 752. The van der Waals surface area contributed by atoms with E-state index in [-0.39, 0.29) is 0 Å². The molecular formula is C16H13NO. The lowest BCUT2D eigenvalue weighted by molar-refractivity contribution is 0.112. The van der Waals surface area contributed by atoms with Crippen LogP contribution in [0.5, 0.6) is 0 Å². The summed E-state index contributed by atoms with van der Waals surface area (Å²) in [5, 5.41) is 2.30. The quantitative estimate of drug-likeness (QED) is 0.500. The Hall–Kier alpha value is -2.35. The molecule has 0 radical (unpaired) electrons. The summed E-state index contributed by atoms with van der Waals surface area (Å²) in [5.74, 6) is 0. The first-order valence-corrected chi connectivity index (χ1v) is 5.92. The number of hydrogen-bond donors (Lipinski definition) is 0. The predicted molar refractivity (Wildman–Crippen MR) is 75.0 cm³/mol. The number of aldehydes is 1. The van der Waals surface area contributed by atoms with E-state index in [0.717, 1.165) is 23.7 Å². The number of nitrogens with zero attached hydrogens (tertiary/aromatic N) is 1. The average molecular weight is 235 g/mol. The summed E-state index contributed by atoms with van der Waals surface area (Å²) in [5.41, 5.74) is 3.03. The molecule has 0 aliphatic rings. The van der Waals surface area contributed by atoms with Gasteiger partial charge >= 0.3 is 0 Å². The Kier molecular flexibility index (Phi) is 2.49. The minimum Gasteiger partial charge on any atom is -0.337 e. The summed E-state index contributed by atoms with van der Waals surface area (Å²) < 4.78 is 2.21. The number of benzene rings is 2. The molecule has 0 N–H and O–H groups in total. The van der Waals surface area contributed by atoms with Gasteiger partial charge in [0.25, 0.3) is 0 Å². The monoisotopic (exact) mass is 235 g/mol. The van der Waals surface area contributed by atoms with Gasteiger partial charge in [0.05, 0.1) is 0 Å². The van der Waals surface area contributed by atoms with Crippen molar-refractivity contribution in [3.63, 3.8) is 0 Å². The number of fused-ring (bicyclic) bond motifs is 3. The summed E-state index contributed by atoms with van der Waals surface area (Å²) in [4.78, 5) is 10.9. The third-order valence-electron chi connectivity index (χ3n) is 3.24. The highest BCUT2D eigenvalue weighted by Gasteiger charge is 2.09. The molecule has 2 heteroatoms. The second kappa shape index (κ2) is 4.15. The molecule has 18 heavy (non-hydrogen) atoms. The zero-order valence-corrected chi connectivity index (χ0v) is 9.97. The van der Waals surface area contributed by atoms with Crippen molar-refractivity contribution in [2.75, 3.05) is 0 Å². The molecule has 0 aliphatic heterocycles. The number of para-hydroxylation sites is 1. The molecule has 3 aromatic rings. The fourth-order valence-electron chi connectivity index (χ4n) is 2.47. The highest BCUT2D eigenvalue weighted by molar-refractivity contribution is 6.09. The van der Waals surface area contributed by atoms with Gasteiger partial charge in [-0.2, -0.15) is 0 Å². The van der Waals surface area contributed by atoms with Gasteiger partial charge in [-0.3, -0.25) is 4.79 Å². The maximum absolute atomic E-state index is 10.9. The molecule has 2 aromatic carbocycles. The van der Waals surface area contributed by atoms with Crippen LogP contribution in [0.4, 0.5) is 0 Å². The molecule has 3 rings (SSSR count). The Balaban J connectivity index is 2.48. The number of carbonyl (C=O) groups is 1. The van der Waals surface area contributed by atoms with Crippen LogP contribution >= 0.6 is 0 Å². The van der Waals surface area contributed by atoms with Crippen LogP contribution in [0, 0.1) is 0 Å². The number of allylic oxidation sites excluding steroid dienone is 1. The molecule has 0 aliphatic carbocycles. The van der Waals surface area contributed by atoms with Crippen molar-refractivity contribution in [3.05, 3.63) is 60.7 Å². The molecule has 0 spiro atoms. The molecule has 0 unspecified atom stereocenters. The molecule has 1 heterocycles. The van der Waals surface area contributed by atoms with Gasteiger partial charge in [-0.1, -0.05) is 24.3 Å². The first-order valence-electron chi connectivity index (χ1n) is 5.92. The van der Waals surface area contributed by atoms with Crippen molar-refractivity contribution in [1.29, 1.82) is 0 Å². The molecule has 88 valence electrons. The van der Waals surface area contributed by atoms with Crippen LogP contribution < -0.4 is 0 Å². The third kappa shape index (κ3) is 1.46. The van der Waals surface area contributed by atoms with Crippen LogP contribution in [0.2, 0.25) is 0 Å². The minimum absolute atomic E-state index is 0.712. The minimum atomic E-state index is 0.712. The number of hydrogen-bond acceptors (Lipinski definition) is 1. The molecule has 0 atom stereocenters. The highest BCUT2D eigenvalue weighted by Crippen LogP contribution is 2.29. The standard InChI is InChI=1S/C16H13NO/c1-2-9-17-15-6-4-3-5-13(15)14-10-12(11-18)7-8-16(14)17/h2-8,10-11H,1,9H2. The fraction of sp³-hybridized carbons (Fsp3) is 0.0625. The fourth-order valence-corrected chi connectivity index (χ4v) is 2.47. The van der Waals surface area contributed by atoms with E-state index < -0.39 is 0 Å². The van der Waals surface area contributed by atoms with E-state index in [1.54, 1.807) is 0 Å². The second-order valence-corrected chi connectivity index (χ2v) is 4.31. The van der Waals surface area contributed by atoms with Gasteiger partial charge in [-0.05, 0) is 24.3 Å². The Morgan fingerprint density at radius 3 is 2.61 bits per heavy atom. The van der Waals surface area contributed by atoms with Gasteiger partial charge < -0.3 is 4.57 Å². The normalized spacial score (nSPS) is 10.9. The van der Waals surface area contributed by atoms with E-state index in [9.17, 15) is 4.79 Å². The van der Waals surface area contributed by atoms with E-state index >= 15 is 0 Å². The maximum Gasteiger partial charge on any atom is 0.150 e.